The predicted molar refractivity (Wildman–Crippen MR) is 121 cm³/mol. The van der Waals surface area contributed by atoms with Crippen LogP contribution in [0.3, 0.4) is 0 Å². The number of phenols is 1. The number of halogens is 1. The van der Waals surface area contributed by atoms with Crippen molar-refractivity contribution in [3.8, 4) is 5.75 Å². The minimum Gasteiger partial charge on any atom is -0.508 e. The Labute approximate surface area is 185 Å². The fourth-order valence-electron chi connectivity index (χ4n) is 3.57. The van der Waals surface area contributed by atoms with Crippen molar-refractivity contribution in [2.75, 3.05) is 19.5 Å². The molecule has 0 aliphatic rings. The summed E-state index contributed by atoms with van der Waals surface area (Å²) in [6, 6.07) is 13.0. The van der Waals surface area contributed by atoms with Crippen molar-refractivity contribution in [2.24, 2.45) is 5.41 Å². The second kappa shape index (κ2) is 9.33. The van der Waals surface area contributed by atoms with Gasteiger partial charge in [0.2, 0.25) is 0 Å². The minimum absolute atomic E-state index is 0.0349. The number of aromatic nitrogens is 1. The van der Waals surface area contributed by atoms with Crippen LogP contribution in [0.5, 0.6) is 5.75 Å². The van der Waals surface area contributed by atoms with Gasteiger partial charge in [0.1, 0.15) is 5.75 Å². The van der Waals surface area contributed by atoms with E-state index in [0.29, 0.717) is 23.7 Å². The number of thioether (sulfide) groups is 1. The number of rotatable bonds is 8. The molecule has 5 nitrogen and oxygen atoms in total. The lowest BCUT2D eigenvalue weighted by molar-refractivity contribution is -0.150. The summed E-state index contributed by atoms with van der Waals surface area (Å²) in [6.45, 7) is 4.35. The number of carbonyl (C=O) groups is 1. The Bertz CT molecular complexity index is 1040. The minimum atomic E-state index is -0.739. The highest BCUT2D eigenvalue weighted by Crippen LogP contribution is 2.39. The lowest BCUT2D eigenvalue weighted by Crippen LogP contribution is -2.29. The maximum atomic E-state index is 12.4. The largest absolute Gasteiger partial charge is 0.508 e. The van der Waals surface area contributed by atoms with Crippen LogP contribution in [-0.2, 0) is 22.5 Å². The van der Waals surface area contributed by atoms with Crippen molar-refractivity contribution >= 4 is 40.2 Å². The summed E-state index contributed by atoms with van der Waals surface area (Å²) in [4.78, 5) is 13.4. The molecule has 0 aliphatic carbocycles. The third-order valence-electron chi connectivity index (χ3n) is 5.04. The number of methoxy groups -OCH3 is 1. The molecule has 0 saturated carbocycles. The summed E-state index contributed by atoms with van der Waals surface area (Å²) >= 11 is 7.57. The van der Waals surface area contributed by atoms with Gasteiger partial charge in [0.25, 0.3) is 0 Å². The quantitative estimate of drug-likeness (QED) is 0.380. The molecule has 0 amide bonds. The van der Waals surface area contributed by atoms with E-state index in [1.165, 1.54) is 18.9 Å². The molecule has 0 spiro atoms. The average molecular weight is 448 g/mol. The van der Waals surface area contributed by atoms with Crippen molar-refractivity contribution in [3.05, 3.63) is 58.7 Å². The number of hydrogen-bond acceptors (Lipinski definition) is 5. The van der Waals surface area contributed by atoms with Crippen molar-refractivity contribution in [3.63, 3.8) is 0 Å². The van der Waals surface area contributed by atoms with E-state index < -0.39 is 5.41 Å². The van der Waals surface area contributed by atoms with Crippen LogP contribution in [0.4, 0.5) is 0 Å². The molecule has 30 heavy (non-hydrogen) atoms. The Morgan fingerprint density at radius 1 is 1.20 bits per heavy atom. The second-order valence-electron chi connectivity index (χ2n) is 7.81. The zero-order valence-corrected chi connectivity index (χ0v) is 18.9. The molecule has 1 aromatic heterocycles. The number of aromatic hydroxyl groups is 1. The summed E-state index contributed by atoms with van der Waals surface area (Å²) in [5, 5.41) is 21.1. The number of phenolic OH excluding ortho intramolecular Hbond substituents is 1. The highest BCUT2D eigenvalue weighted by Gasteiger charge is 2.32. The van der Waals surface area contributed by atoms with Gasteiger partial charge in [-0.25, -0.2) is 0 Å². The normalized spacial score (nSPS) is 11.8. The Kier molecular flexibility index (Phi) is 7.01. The lowest BCUT2D eigenvalue weighted by Gasteiger charge is -2.23. The van der Waals surface area contributed by atoms with E-state index in [2.05, 4.69) is 4.57 Å². The molecule has 0 aliphatic heterocycles. The van der Waals surface area contributed by atoms with Gasteiger partial charge in [-0.2, -0.15) is 0 Å². The first kappa shape index (κ1) is 22.5. The third kappa shape index (κ3) is 4.77. The van der Waals surface area contributed by atoms with Crippen molar-refractivity contribution in [2.45, 2.75) is 31.7 Å². The lowest BCUT2D eigenvalue weighted by atomic mass is 9.87. The maximum Gasteiger partial charge on any atom is 0.311 e. The average Bonchev–Trinajstić information content (AvgIpc) is 2.98. The first-order chi connectivity index (χ1) is 14.3. The summed E-state index contributed by atoms with van der Waals surface area (Å²) < 4.78 is 7.19. The van der Waals surface area contributed by atoms with Gasteiger partial charge in [0, 0.05) is 45.2 Å². The summed E-state index contributed by atoms with van der Waals surface area (Å²) in [5.74, 6) is 0.406. The molecule has 2 N–H and O–H groups in total. The molecular weight excluding hydrogens is 422 g/mol. The van der Waals surface area contributed by atoms with Gasteiger partial charge in [-0.05, 0) is 49.7 Å². The highest BCUT2D eigenvalue weighted by atomic mass is 35.5. The van der Waals surface area contributed by atoms with E-state index in [9.17, 15) is 15.0 Å². The Morgan fingerprint density at radius 3 is 2.53 bits per heavy atom. The van der Waals surface area contributed by atoms with Gasteiger partial charge in [0.05, 0.1) is 19.1 Å². The van der Waals surface area contributed by atoms with Crippen LogP contribution in [0.15, 0.2) is 47.4 Å². The van der Waals surface area contributed by atoms with Crippen molar-refractivity contribution in [1.82, 2.24) is 4.57 Å². The van der Waals surface area contributed by atoms with Gasteiger partial charge in [0.15, 0.2) is 0 Å². The molecule has 0 unspecified atom stereocenters. The van der Waals surface area contributed by atoms with Crippen LogP contribution in [0.25, 0.3) is 10.9 Å². The van der Waals surface area contributed by atoms with Crippen molar-refractivity contribution < 1.29 is 19.7 Å². The number of ether oxygens (including phenoxy) is 1. The molecule has 1 heterocycles. The number of aliphatic hydroxyl groups is 1. The molecule has 0 bridgehead atoms. The zero-order valence-electron chi connectivity index (χ0n) is 17.3. The number of benzene rings is 2. The number of esters is 1. The molecule has 3 rings (SSSR count). The molecule has 3 aromatic rings. The summed E-state index contributed by atoms with van der Waals surface area (Å²) in [6.07, 6.45) is 0.455. The molecular formula is C23H26ClNO4S. The molecule has 0 saturated heterocycles. The Hall–Kier alpha value is -2.15. The van der Waals surface area contributed by atoms with E-state index in [-0.39, 0.29) is 18.3 Å². The molecule has 0 atom stereocenters. The molecule has 0 fully saturated rings. The number of aliphatic hydroxyl groups excluding tert-OH is 1. The Morgan fingerprint density at radius 2 is 1.90 bits per heavy atom. The first-order valence-corrected chi connectivity index (χ1v) is 11.0. The van der Waals surface area contributed by atoms with Gasteiger partial charge in [-0.3, -0.25) is 4.79 Å². The topological polar surface area (TPSA) is 71.7 Å². The van der Waals surface area contributed by atoms with E-state index in [1.54, 1.807) is 12.1 Å². The number of carbonyl (C=O) groups excluding carboxylic acids is 1. The Balaban J connectivity index is 2.19. The van der Waals surface area contributed by atoms with Crippen LogP contribution in [-0.4, -0.2) is 40.2 Å². The molecule has 160 valence electrons. The number of fused-ring (bicyclic) bond motifs is 1. The number of hydrogen-bond donors (Lipinski definition) is 2. The van der Waals surface area contributed by atoms with Crippen LogP contribution in [0.2, 0.25) is 5.02 Å². The van der Waals surface area contributed by atoms with Gasteiger partial charge in [-0.15, -0.1) is 11.8 Å². The summed E-state index contributed by atoms with van der Waals surface area (Å²) in [5.41, 5.74) is 2.26. The monoisotopic (exact) mass is 447 g/mol. The van der Waals surface area contributed by atoms with Gasteiger partial charge in [-0.1, -0.05) is 23.7 Å². The highest BCUT2D eigenvalue weighted by molar-refractivity contribution is 7.99. The van der Waals surface area contributed by atoms with E-state index >= 15 is 0 Å². The van der Waals surface area contributed by atoms with Crippen LogP contribution in [0.1, 0.15) is 25.1 Å². The maximum absolute atomic E-state index is 12.4. The van der Waals surface area contributed by atoms with Crippen LogP contribution < -0.4 is 0 Å². The molecule has 7 heteroatoms. The second-order valence-corrected chi connectivity index (χ2v) is 9.36. The standard InChI is InChI=1S/C23H26ClNO4S/c1-23(2,22(28)29-3)13-20-21(30-11-10-26)18-12-17(27)8-9-19(18)25(20)14-15-4-6-16(24)7-5-15/h4-9,12,26-27H,10-11,13-14H2,1-3H3. The fraction of sp³-hybridized carbons (Fsp3) is 0.348. The summed E-state index contributed by atoms with van der Waals surface area (Å²) in [7, 11) is 1.40. The van der Waals surface area contributed by atoms with Crippen LogP contribution in [0, 0.1) is 5.41 Å². The van der Waals surface area contributed by atoms with E-state index in [0.717, 1.165) is 27.1 Å². The third-order valence-corrected chi connectivity index (χ3v) is 6.43. The predicted octanol–water partition coefficient (Wildman–Crippen LogP) is 4.87. The molecule has 2 aromatic carbocycles. The zero-order chi connectivity index (χ0) is 21.9. The fourth-order valence-corrected chi connectivity index (χ4v) is 4.66. The van der Waals surface area contributed by atoms with Gasteiger partial charge >= 0.3 is 5.97 Å². The van der Waals surface area contributed by atoms with Crippen LogP contribution >= 0.6 is 23.4 Å². The number of nitrogens with zero attached hydrogens (tertiary/aromatic N) is 1. The molecule has 0 radical (unpaired) electrons. The smallest absolute Gasteiger partial charge is 0.311 e. The SMILES string of the molecule is COC(=O)C(C)(C)Cc1c(SCCO)c2cc(O)ccc2n1Cc1ccc(Cl)cc1. The van der Waals surface area contributed by atoms with E-state index in [1.807, 2.05) is 44.2 Å². The van der Waals surface area contributed by atoms with Gasteiger partial charge < -0.3 is 19.5 Å². The first-order valence-electron chi connectivity index (χ1n) is 9.67. The van der Waals surface area contributed by atoms with E-state index in [4.69, 9.17) is 16.3 Å². The van der Waals surface area contributed by atoms with Crippen molar-refractivity contribution in [1.29, 1.82) is 0 Å².